The van der Waals surface area contributed by atoms with Crippen molar-refractivity contribution in [2.45, 2.75) is 20.0 Å². The van der Waals surface area contributed by atoms with E-state index in [2.05, 4.69) is 30.5 Å². The van der Waals surface area contributed by atoms with Gasteiger partial charge in [-0.1, -0.05) is 0 Å². The lowest BCUT2D eigenvalue weighted by atomic mass is 10.1. The van der Waals surface area contributed by atoms with Crippen molar-refractivity contribution in [1.29, 1.82) is 0 Å². The van der Waals surface area contributed by atoms with Crippen LogP contribution in [0, 0.1) is 6.92 Å². The first-order valence-electron chi connectivity index (χ1n) is 8.36. The van der Waals surface area contributed by atoms with E-state index in [0.717, 1.165) is 18.0 Å². The average Bonchev–Trinajstić information content (AvgIpc) is 3.18. The first kappa shape index (κ1) is 15.0. The van der Waals surface area contributed by atoms with Gasteiger partial charge in [0.15, 0.2) is 11.5 Å². The number of benzene rings is 1. The summed E-state index contributed by atoms with van der Waals surface area (Å²) in [4.78, 5) is 4.96. The van der Waals surface area contributed by atoms with Crippen LogP contribution in [-0.4, -0.2) is 33.0 Å². The average molecular weight is 332 g/mol. The predicted octanol–water partition coefficient (Wildman–Crippen LogP) is 0.269. The number of piperazine rings is 1. The molecular weight excluding hydrogens is 308 g/mol. The zero-order valence-electron chi connectivity index (χ0n) is 13.6. The molecule has 2 aromatic rings. The lowest BCUT2D eigenvalue weighted by Crippen LogP contribution is -3.27. The Morgan fingerprint density at radius 1 is 0.957 bits per heavy atom. The summed E-state index contributed by atoms with van der Waals surface area (Å²) in [6.07, 6.45) is 0. The van der Waals surface area contributed by atoms with Crippen LogP contribution in [0.1, 0.15) is 16.0 Å². The van der Waals surface area contributed by atoms with E-state index in [0.29, 0.717) is 6.79 Å². The molecule has 3 heterocycles. The molecule has 0 aliphatic carbocycles. The van der Waals surface area contributed by atoms with Crippen molar-refractivity contribution in [3.05, 3.63) is 45.6 Å². The lowest BCUT2D eigenvalue weighted by Gasteiger charge is -2.29. The monoisotopic (exact) mass is 332 g/mol. The van der Waals surface area contributed by atoms with Gasteiger partial charge in [-0.25, -0.2) is 0 Å². The summed E-state index contributed by atoms with van der Waals surface area (Å²) >= 11 is 1.90. The normalized spacial score (nSPS) is 23.2. The van der Waals surface area contributed by atoms with Crippen molar-refractivity contribution in [2.24, 2.45) is 0 Å². The molecule has 0 atom stereocenters. The van der Waals surface area contributed by atoms with Gasteiger partial charge < -0.3 is 19.3 Å². The second kappa shape index (κ2) is 6.51. The number of ether oxygens (including phenoxy) is 2. The maximum atomic E-state index is 5.48. The van der Waals surface area contributed by atoms with Crippen molar-refractivity contribution in [3.8, 4) is 11.5 Å². The molecule has 2 N–H and O–H groups in total. The Hall–Kier alpha value is -1.56. The molecule has 0 unspecified atom stereocenters. The molecule has 122 valence electrons. The minimum atomic E-state index is 0.357. The summed E-state index contributed by atoms with van der Waals surface area (Å²) < 4.78 is 10.9. The van der Waals surface area contributed by atoms with Crippen LogP contribution in [0.2, 0.25) is 0 Å². The number of hydrogen-bond acceptors (Lipinski definition) is 3. The van der Waals surface area contributed by atoms with Crippen LogP contribution in [0.25, 0.3) is 0 Å². The van der Waals surface area contributed by atoms with Crippen LogP contribution in [0.5, 0.6) is 11.5 Å². The van der Waals surface area contributed by atoms with Crippen molar-refractivity contribution in [2.75, 3.05) is 33.0 Å². The molecule has 23 heavy (non-hydrogen) atoms. The Bertz CT molecular complexity index is 677. The number of aryl methyl sites for hydroxylation is 1. The van der Waals surface area contributed by atoms with Crippen LogP contribution < -0.4 is 19.3 Å². The highest BCUT2D eigenvalue weighted by atomic mass is 32.1. The summed E-state index contributed by atoms with van der Waals surface area (Å²) in [6, 6.07) is 8.59. The van der Waals surface area contributed by atoms with E-state index in [1.54, 1.807) is 14.7 Å². The molecule has 2 aliphatic heterocycles. The number of quaternary nitrogens is 2. The zero-order chi connectivity index (χ0) is 15.6. The van der Waals surface area contributed by atoms with Gasteiger partial charge in [-0.05, 0) is 42.1 Å². The van der Waals surface area contributed by atoms with Crippen molar-refractivity contribution in [3.63, 3.8) is 0 Å². The fourth-order valence-electron chi connectivity index (χ4n) is 3.46. The summed E-state index contributed by atoms with van der Waals surface area (Å²) in [7, 11) is 0. The third-order valence-corrected chi connectivity index (χ3v) is 5.96. The van der Waals surface area contributed by atoms with E-state index in [1.807, 2.05) is 17.4 Å². The third kappa shape index (κ3) is 3.37. The van der Waals surface area contributed by atoms with Gasteiger partial charge in [-0.3, -0.25) is 0 Å². The molecule has 1 fully saturated rings. The van der Waals surface area contributed by atoms with E-state index in [9.17, 15) is 0 Å². The van der Waals surface area contributed by atoms with Crippen molar-refractivity contribution < 1.29 is 19.3 Å². The minimum absolute atomic E-state index is 0.357. The third-order valence-electron chi connectivity index (χ3n) is 4.93. The molecule has 1 aromatic carbocycles. The Morgan fingerprint density at radius 2 is 1.70 bits per heavy atom. The molecule has 1 saturated heterocycles. The van der Waals surface area contributed by atoms with Gasteiger partial charge in [0, 0.05) is 5.56 Å². The first-order chi connectivity index (χ1) is 11.3. The summed E-state index contributed by atoms with van der Waals surface area (Å²) in [5.41, 5.74) is 2.81. The molecule has 0 amide bonds. The second-order valence-corrected chi connectivity index (χ2v) is 7.57. The topological polar surface area (TPSA) is 27.3 Å². The number of fused-ring (bicyclic) bond motifs is 1. The van der Waals surface area contributed by atoms with Gasteiger partial charge >= 0.3 is 0 Å². The van der Waals surface area contributed by atoms with E-state index < -0.39 is 0 Å². The van der Waals surface area contributed by atoms with Gasteiger partial charge in [0.05, 0.1) is 4.88 Å². The number of hydrogen-bond donors (Lipinski definition) is 2. The second-order valence-electron chi connectivity index (χ2n) is 6.57. The van der Waals surface area contributed by atoms with Gasteiger partial charge in [-0.15, -0.1) is 11.3 Å². The van der Waals surface area contributed by atoms with E-state index in [1.165, 1.54) is 43.9 Å². The molecular formula is C18H24N2O2S+2. The molecule has 5 heteroatoms. The van der Waals surface area contributed by atoms with Crippen molar-refractivity contribution >= 4 is 11.3 Å². The highest BCUT2D eigenvalue weighted by Crippen LogP contribution is 2.32. The molecule has 0 spiro atoms. The molecule has 4 rings (SSSR count). The largest absolute Gasteiger partial charge is 0.454 e. The molecule has 4 nitrogen and oxygen atoms in total. The molecule has 2 aliphatic rings. The standard InChI is InChI=1S/C18H22N2O2S/c1-14-4-9-23-18(14)12-20-7-5-19(6-8-20)11-15-2-3-16-17(10-15)22-13-21-16/h2-4,9-10H,5-8,11-13H2,1H3/p+2. The number of nitrogens with one attached hydrogen (secondary N) is 2. The maximum Gasteiger partial charge on any atom is 0.231 e. The highest BCUT2D eigenvalue weighted by Gasteiger charge is 2.24. The van der Waals surface area contributed by atoms with Crippen LogP contribution in [0.15, 0.2) is 29.6 Å². The Balaban J connectivity index is 1.30. The molecule has 0 radical (unpaired) electrons. The van der Waals surface area contributed by atoms with Crippen LogP contribution >= 0.6 is 11.3 Å². The predicted molar refractivity (Wildman–Crippen MR) is 90.4 cm³/mol. The van der Waals surface area contributed by atoms with Crippen LogP contribution in [0.3, 0.4) is 0 Å². The van der Waals surface area contributed by atoms with Gasteiger partial charge in [0.25, 0.3) is 0 Å². The lowest BCUT2D eigenvalue weighted by molar-refractivity contribution is -1.02. The maximum absolute atomic E-state index is 5.48. The van der Waals surface area contributed by atoms with Crippen molar-refractivity contribution in [1.82, 2.24) is 0 Å². The smallest absolute Gasteiger partial charge is 0.231 e. The van der Waals surface area contributed by atoms with Gasteiger partial charge in [0.1, 0.15) is 39.3 Å². The fraction of sp³-hybridized carbons (Fsp3) is 0.444. The fourth-order valence-corrected chi connectivity index (χ4v) is 4.44. The highest BCUT2D eigenvalue weighted by molar-refractivity contribution is 7.10. The van der Waals surface area contributed by atoms with Gasteiger partial charge in [0.2, 0.25) is 6.79 Å². The van der Waals surface area contributed by atoms with E-state index in [4.69, 9.17) is 9.47 Å². The Labute approximate surface area is 141 Å². The van der Waals surface area contributed by atoms with E-state index >= 15 is 0 Å². The van der Waals surface area contributed by atoms with Gasteiger partial charge in [-0.2, -0.15) is 0 Å². The molecule has 0 bridgehead atoms. The molecule has 1 aromatic heterocycles. The zero-order valence-corrected chi connectivity index (χ0v) is 14.4. The van der Waals surface area contributed by atoms with Crippen LogP contribution in [0.4, 0.5) is 0 Å². The quantitative estimate of drug-likeness (QED) is 0.841. The number of thiophene rings is 1. The Morgan fingerprint density at radius 3 is 2.43 bits per heavy atom. The summed E-state index contributed by atoms with van der Waals surface area (Å²) in [6.45, 7) is 9.88. The SMILES string of the molecule is Cc1ccsc1C[NH+]1CC[NH+](Cc2ccc3c(c2)OCO3)CC1. The summed E-state index contributed by atoms with van der Waals surface area (Å²) in [5.74, 6) is 1.78. The van der Waals surface area contributed by atoms with Crippen LogP contribution in [-0.2, 0) is 13.1 Å². The van der Waals surface area contributed by atoms with E-state index in [-0.39, 0.29) is 0 Å². The first-order valence-corrected chi connectivity index (χ1v) is 9.24. The molecule has 0 saturated carbocycles. The summed E-state index contributed by atoms with van der Waals surface area (Å²) in [5, 5.41) is 2.21. The minimum Gasteiger partial charge on any atom is -0.454 e. The number of rotatable bonds is 4. The Kier molecular flexibility index (Phi) is 4.25.